The molecule has 0 bridgehead atoms. The third-order valence-corrected chi connectivity index (χ3v) is 3.60. The fourth-order valence-corrected chi connectivity index (χ4v) is 2.27. The molecule has 6 heteroatoms. The Labute approximate surface area is 124 Å². The van der Waals surface area contributed by atoms with Gasteiger partial charge in [0.15, 0.2) is 0 Å². The van der Waals surface area contributed by atoms with Crippen LogP contribution in [0.15, 0.2) is 42.7 Å². The molecule has 1 aromatic heterocycles. The molecule has 0 aliphatic heterocycles. The van der Waals surface area contributed by atoms with E-state index < -0.39 is 17.1 Å². The second-order valence-corrected chi connectivity index (χ2v) is 5.19. The van der Waals surface area contributed by atoms with Crippen molar-refractivity contribution in [2.45, 2.75) is 18.0 Å². The van der Waals surface area contributed by atoms with Gasteiger partial charge in [0.2, 0.25) is 0 Å². The normalized spacial score (nSPS) is 13.2. The molecule has 1 unspecified atom stereocenters. The quantitative estimate of drug-likeness (QED) is 0.702. The number of hydrogen-bond acceptors (Lipinski definition) is 1. The van der Waals surface area contributed by atoms with Gasteiger partial charge in [-0.25, -0.2) is 0 Å². The number of nitrogens with zero attached hydrogens (tertiary/aromatic N) is 1. The molecule has 1 aromatic carbocycles. The van der Waals surface area contributed by atoms with E-state index in [9.17, 15) is 13.2 Å². The maximum absolute atomic E-state index is 12.5. The summed E-state index contributed by atoms with van der Waals surface area (Å²) in [6, 6.07) is 6.56. The summed E-state index contributed by atoms with van der Waals surface area (Å²) >= 11 is 12.2. The molecule has 0 amide bonds. The zero-order valence-electron chi connectivity index (χ0n) is 10.2. The molecule has 1 heterocycles. The Bertz CT molecular complexity index is 582. The molecule has 0 spiro atoms. The maximum Gasteiger partial charge on any atom is 0.416 e. The van der Waals surface area contributed by atoms with Crippen LogP contribution in [0.4, 0.5) is 13.2 Å². The molecule has 1 nitrogen and oxygen atoms in total. The second-order valence-electron chi connectivity index (χ2n) is 4.26. The summed E-state index contributed by atoms with van der Waals surface area (Å²) in [4.78, 5) is 3.86. The Morgan fingerprint density at radius 2 is 1.75 bits per heavy atom. The molecule has 20 heavy (non-hydrogen) atoms. The van der Waals surface area contributed by atoms with Gasteiger partial charge in [0.1, 0.15) is 0 Å². The van der Waals surface area contributed by atoms with E-state index in [0.717, 1.165) is 17.7 Å². The van der Waals surface area contributed by atoms with E-state index in [-0.39, 0.29) is 0 Å². The first-order chi connectivity index (χ1) is 9.38. The molecule has 0 radical (unpaired) electrons. The van der Waals surface area contributed by atoms with Crippen LogP contribution in [-0.2, 0) is 12.6 Å². The van der Waals surface area contributed by atoms with Crippen LogP contribution in [0.1, 0.15) is 22.1 Å². The van der Waals surface area contributed by atoms with Crippen molar-refractivity contribution in [3.8, 4) is 0 Å². The van der Waals surface area contributed by atoms with Gasteiger partial charge in [-0.1, -0.05) is 23.7 Å². The molecule has 1 atom stereocenters. The third-order valence-electron chi connectivity index (χ3n) is 2.86. The second kappa shape index (κ2) is 6.02. The molecule has 0 saturated carbocycles. The first-order valence-electron chi connectivity index (χ1n) is 5.77. The SMILES string of the molecule is FC(F)(F)c1ccc(C(Cl)Cc2ccncc2Cl)cc1. The number of hydrogen-bond donors (Lipinski definition) is 0. The highest BCUT2D eigenvalue weighted by atomic mass is 35.5. The van der Waals surface area contributed by atoms with Gasteiger partial charge in [-0.3, -0.25) is 4.98 Å². The minimum absolute atomic E-state index is 0.425. The third kappa shape index (κ3) is 3.64. The summed E-state index contributed by atoms with van der Waals surface area (Å²) in [5.41, 5.74) is 0.737. The van der Waals surface area contributed by atoms with Crippen LogP contribution < -0.4 is 0 Å². The number of alkyl halides is 4. The highest BCUT2D eigenvalue weighted by molar-refractivity contribution is 6.31. The van der Waals surface area contributed by atoms with Crippen molar-refractivity contribution in [1.82, 2.24) is 4.98 Å². The van der Waals surface area contributed by atoms with Crippen LogP contribution in [0.3, 0.4) is 0 Å². The highest BCUT2D eigenvalue weighted by Gasteiger charge is 2.30. The van der Waals surface area contributed by atoms with Crippen molar-refractivity contribution in [1.29, 1.82) is 0 Å². The van der Waals surface area contributed by atoms with E-state index in [1.165, 1.54) is 18.3 Å². The van der Waals surface area contributed by atoms with E-state index >= 15 is 0 Å². The fourth-order valence-electron chi connectivity index (χ4n) is 1.76. The minimum atomic E-state index is -4.34. The first kappa shape index (κ1) is 15.1. The van der Waals surface area contributed by atoms with E-state index in [4.69, 9.17) is 23.2 Å². The standard InChI is InChI=1S/C14H10Cl2F3N/c15-12(7-10-5-6-20-8-13(10)16)9-1-3-11(4-2-9)14(17,18)19/h1-6,8,12H,7H2. The predicted octanol–water partition coefficient (Wildman–Crippen LogP) is 5.28. The number of benzene rings is 1. The van der Waals surface area contributed by atoms with Crippen molar-refractivity contribution in [3.05, 3.63) is 64.4 Å². The lowest BCUT2D eigenvalue weighted by atomic mass is 10.0. The van der Waals surface area contributed by atoms with Crippen molar-refractivity contribution in [2.24, 2.45) is 0 Å². The molecule has 106 valence electrons. The summed E-state index contributed by atoms with van der Waals surface area (Å²) < 4.78 is 37.4. The largest absolute Gasteiger partial charge is 0.416 e. The zero-order chi connectivity index (χ0) is 14.8. The molecule has 2 rings (SSSR count). The number of aromatic nitrogens is 1. The van der Waals surface area contributed by atoms with E-state index in [1.54, 1.807) is 12.3 Å². The van der Waals surface area contributed by atoms with Gasteiger partial charge in [0, 0.05) is 12.4 Å². The Morgan fingerprint density at radius 3 is 2.30 bits per heavy atom. The van der Waals surface area contributed by atoms with Crippen molar-refractivity contribution < 1.29 is 13.2 Å². The molecule has 0 aliphatic carbocycles. The molecular weight excluding hydrogens is 310 g/mol. The summed E-state index contributed by atoms with van der Waals surface area (Å²) in [6.45, 7) is 0. The van der Waals surface area contributed by atoms with Crippen LogP contribution in [0.2, 0.25) is 5.02 Å². The highest BCUT2D eigenvalue weighted by Crippen LogP contribution is 2.32. The Hall–Kier alpha value is -1.26. The summed E-state index contributed by atoms with van der Waals surface area (Å²) in [6.07, 6.45) is -0.812. The van der Waals surface area contributed by atoms with Gasteiger partial charge in [0.25, 0.3) is 0 Å². The van der Waals surface area contributed by atoms with Crippen LogP contribution in [0.5, 0.6) is 0 Å². The lowest BCUT2D eigenvalue weighted by Gasteiger charge is -2.12. The van der Waals surface area contributed by atoms with Gasteiger partial charge in [-0.15, -0.1) is 11.6 Å². The topological polar surface area (TPSA) is 12.9 Å². The van der Waals surface area contributed by atoms with Crippen LogP contribution >= 0.6 is 23.2 Å². The van der Waals surface area contributed by atoms with Crippen LogP contribution in [-0.4, -0.2) is 4.98 Å². The Morgan fingerprint density at radius 1 is 1.10 bits per heavy atom. The van der Waals surface area contributed by atoms with E-state index in [2.05, 4.69) is 4.98 Å². The van der Waals surface area contributed by atoms with Gasteiger partial charge in [-0.05, 0) is 35.7 Å². The summed E-state index contributed by atoms with van der Waals surface area (Å²) in [5, 5.41) is 0.0437. The van der Waals surface area contributed by atoms with Crippen LogP contribution in [0, 0.1) is 0 Å². The smallest absolute Gasteiger partial charge is 0.263 e. The van der Waals surface area contributed by atoms with Gasteiger partial charge in [0.05, 0.1) is 16.0 Å². The van der Waals surface area contributed by atoms with E-state index in [1.807, 2.05) is 0 Å². The molecule has 0 saturated heterocycles. The molecular formula is C14H10Cl2F3N. The average Bonchev–Trinajstić information content (AvgIpc) is 2.40. The number of halogens is 5. The van der Waals surface area contributed by atoms with Gasteiger partial charge >= 0.3 is 6.18 Å². The average molecular weight is 320 g/mol. The molecule has 0 aliphatic rings. The molecule has 2 aromatic rings. The predicted molar refractivity (Wildman–Crippen MR) is 73.0 cm³/mol. The summed E-state index contributed by atoms with van der Waals surface area (Å²) in [7, 11) is 0. The summed E-state index contributed by atoms with van der Waals surface area (Å²) in [5.74, 6) is 0. The lowest BCUT2D eigenvalue weighted by Crippen LogP contribution is -2.05. The van der Waals surface area contributed by atoms with E-state index in [0.29, 0.717) is 17.0 Å². The van der Waals surface area contributed by atoms with Crippen molar-refractivity contribution >= 4 is 23.2 Å². The lowest BCUT2D eigenvalue weighted by molar-refractivity contribution is -0.137. The molecule has 0 fully saturated rings. The maximum atomic E-state index is 12.5. The fraction of sp³-hybridized carbons (Fsp3) is 0.214. The van der Waals surface area contributed by atoms with Gasteiger partial charge in [-0.2, -0.15) is 13.2 Å². The first-order valence-corrected chi connectivity index (χ1v) is 6.59. The molecule has 0 N–H and O–H groups in total. The number of pyridine rings is 1. The van der Waals surface area contributed by atoms with Gasteiger partial charge < -0.3 is 0 Å². The number of rotatable bonds is 3. The van der Waals surface area contributed by atoms with Crippen molar-refractivity contribution in [3.63, 3.8) is 0 Å². The van der Waals surface area contributed by atoms with Crippen molar-refractivity contribution in [2.75, 3.05) is 0 Å². The van der Waals surface area contributed by atoms with Crippen LogP contribution in [0.25, 0.3) is 0 Å². The monoisotopic (exact) mass is 319 g/mol. The Kier molecular flexibility index (Phi) is 4.55. The zero-order valence-corrected chi connectivity index (χ0v) is 11.7. The minimum Gasteiger partial charge on any atom is -0.263 e. The Balaban J connectivity index is 2.14.